The fourth-order valence-corrected chi connectivity index (χ4v) is 5.90. The molecule has 2 aromatic heterocycles. The van der Waals surface area contributed by atoms with E-state index in [1.54, 1.807) is 30.5 Å². The molecule has 1 aromatic carbocycles. The largest absolute Gasteiger partial charge is 0.470 e. The number of likely N-dealkylation sites (tertiary alicyclic amines) is 1. The number of pyridine rings is 2. The van der Waals surface area contributed by atoms with Gasteiger partial charge >= 0.3 is 0 Å². The lowest BCUT2D eigenvalue weighted by molar-refractivity contribution is 0.143. The van der Waals surface area contributed by atoms with E-state index in [0.29, 0.717) is 25.3 Å². The molecule has 2 unspecified atom stereocenters. The van der Waals surface area contributed by atoms with E-state index in [-0.39, 0.29) is 23.1 Å². The molecule has 160 valence electrons. The van der Waals surface area contributed by atoms with Crippen molar-refractivity contribution < 1.29 is 17.5 Å². The molecule has 2 aliphatic heterocycles. The number of nitrogens with zero attached hydrogens (tertiary/aromatic N) is 4. The monoisotopic (exact) mass is 440 g/mol. The van der Waals surface area contributed by atoms with Crippen molar-refractivity contribution in [2.24, 2.45) is 0 Å². The number of sulfonamides is 1. The number of hydrogen-bond acceptors (Lipinski definition) is 6. The smallest absolute Gasteiger partial charge is 0.249 e. The zero-order valence-electron chi connectivity index (χ0n) is 16.6. The lowest BCUT2D eigenvalue weighted by atomic mass is 10.2. The van der Waals surface area contributed by atoms with Crippen LogP contribution in [-0.4, -0.2) is 52.8 Å². The zero-order chi connectivity index (χ0) is 21.4. The normalized spacial score (nSPS) is 22.9. The number of hydrogen-bond donors (Lipinski definition) is 0. The Labute approximate surface area is 180 Å². The summed E-state index contributed by atoms with van der Waals surface area (Å²) < 4.78 is 48.4. The highest BCUT2D eigenvalue weighted by molar-refractivity contribution is 7.89. The minimum absolute atomic E-state index is 0.0667. The van der Waals surface area contributed by atoms with E-state index in [2.05, 4.69) is 14.9 Å². The second-order valence-electron chi connectivity index (χ2n) is 7.73. The average molecular weight is 441 g/mol. The van der Waals surface area contributed by atoms with Gasteiger partial charge in [-0.25, -0.2) is 17.8 Å². The van der Waals surface area contributed by atoms with Crippen molar-refractivity contribution in [3.8, 4) is 5.88 Å². The highest BCUT2D eigenvalue weighted by Gasteiger charge is 2.47. The first kappa shape index (κ1) is 20.0. The first-order valence-corrected chi connectivity index (χ1v) is 11.4. The molecule has 9 heteroatoms. The number of halogens is 1. The van der Waals surface area contributed by atoms with Gasteiger partial charge in [0, 0.05) is 32.0 Å². The Morgan fingerprint density at radius 2 is 1.87 bits per heavy atom. The van der Waals surface area contributed by atoms with Crippen LogP contribution < -0.4 is 4.74 Å². The summed E-state index contributed by atoms with van der Waals surface area (Å²) in [4.78, 5) is 10.7. The van der Waals surface area contributed by atoms with Crippen LogP contribution in [0.15, 0.2) is 71.9 Å². The lowest BCUT2D eigenvalue weighted by Gasteiger charge is -2.27. The van der Waals surface area contributed by atoms with Crippen LogP contribution in [0.4, 0.5) is 4.39 Å². The van der Waals surface area contributed by atoms with E-state index in [4.69, 9.17) is 4.74 Å². The first-order valence-electron chi connectivity index (χ1n) is 10.0. The van der Waals surface area contributed by atoms with E-state index >= 15 is 0 Å². The summed E-state index contributed by atoms with van der Waals surface area (Å²) in [6.07, 6.45) is 2.77. The van der Waals surface area contributed by atoms with Crippen LogP contribution in [0.1, 0.15) is 11.3 Å². The molecule has 31 heavy (non-hydrogen) atoms. The summed E-state index contributed by atoms with van der Waals surface area (Å²) in [5.41, 5.74) is 1.48. The van der Waals surface area contributed by atoms with Crippen molar-refractivity contribution in [3.63, 3.8) is 0 Å². The first-order chi connectivity index (χ1) is 15.0. The van der Waals surface area contributed by atoms with Gasteiger partial charge in [-0.2, -0.15) is 4.31 Å². The molecule has 0 radical (unpaired) electrons. The minimum atomic E-state index is -3.86. The van der Waals surface area contributed by atoms with E-state index < -0.39 is 22.2 Å². The number of benzene rings is 1. The van der Waals surface area contributed by atoms with Gasteiger partial charge in [0.25, 0.3) is 0 Å². The Morgan fingerprint density at radius 1 is 1.00 bits per heavy atom. The Balaban J connectivity index is 1.50. The number of aromatic nitrogens is 2. The van der Waals surface area contributed by atoms with Gasteiger partial charge in [0.1, 0.15) is 16.8 Å². The molecular weight excluding hydrogens is 419 g/mol. The SMILES string of the molecule is O=S1(=O)c2cccnc2OC2CN(Cc3cccc(F)c3)CC2N1Cc1ccccn1. The quantitative estimate of drug-likeness (QED) is 0.621. The van der Waals surface area contributed by atoms with Gasteiger partial charge < -0.3 is 4.74 Å². The van der Waals surface area contributed by atoms with Crippen LogP contribution in [0.2, 0.25) is 0 Å². The predicted molar refractivity (Wildman–Crippen MR) is 111 cm³/mol. The maximum atomic E-state index is 13.6. The third-order valence-corrected chi connectivity index (χ3v) is 7.49. The second kappa shape index (κ2) is 7.99. The summed E-state index contributed by atoms with van der Waals surface area (Å²) in [7, 11) is -3.86. The molecular formula is C22H21FN4O3S. The maximum Gasteiger partial charge on any atom is 0.249 e. The number of ether oxygens (including phenoxy) is 1. The molecule has 0 bridgehead atoms. The van der Waals surface area contributed by atoms with Crippen LogP contribution in [0.25, 0.3) is 0 Å². The molecule has 7 nitrogen and oxygen atoms in total. The molecule has 0 N–H and O–H groups in total. The second-order valence-corrected chi connectivity index (χ2v) is 9.58. The standard InChI is InChI=1S/C22H21FN4O3S/c23-17-6-3-5-16(11-17)12-26-14-19-20(15-26)30-22-21(8-4-10-25-22)31(28,29)27(19)13-18-7-1-2-9-24-18/h1-11,19-20H,12-15H2. The minimum Gasteiger partial charge on any atom is -0.470 e. The lowest BCUT2D eigenvalue weighted by Crippen LogP contribution is -2.46. The van der Waals surface area contributed by atoms with Crippen LogP contribution in [0.3, 0.4) is 0 Å². The Bertz CT molecular complexity index is 1190. The number of rotatable bonds is 4. The van der Waals surface area contributed by atoms with Gasteiger partial charge in [-0.15, -0.1) is 0 Å². The van der Waals surface area contributed by atoms with Crippen molar-refractivity contribution in [3.05, 3.63) is 84.1 Å². The van der Waals surface area contributed by atoms with Crippen LogP contribution in [0, 0.1) is 5.82 Å². The van der Waals surface area contributed by atoms with E-state index in [0.717, 1.165) is 5.56 Å². The van der Waals surface area contributed by atoms with Gasteiger partial charge in [-0.1, -0.05) is 18.2 Å². The van der Waals surface area contributed by atoms with Crippen LogP contribution in [0.5, 0.6) is 5.88 Å². The van der Waals surface area contributed by atoms with Crippen molar-refractivity contribution in [1.29, 1.82) is 0 Å². The maximum absolute atomic E-state index is 13.6. The fraction of sp³-hybridized carbons (Fsp3) is 0.273. The summed E-state index contributed by atoms with van der Waals surface area (Å²) in [6, 6.07) is 14.6. The molecule has 5 rings (SSSR count). The molecule has 3 aromatic rings. The average Bonchev–Trinajstić information content (AvgIpc) is 3.11. The van der Waals surface area contributed by atoms with Crippen LogP contribution >= 0.6 is 0 Å². The molecule has 1 fully saturated rings. The Morgan fingerprint density at radius 3 is 2.68 bits per heavy atom. The molecule has 4 heterocycles. The predicted octanol–water partition coefficient (Wildman–Crippen LogP) is 2.45. The van der Waals surface area contributed by atoms with Crippen molar-refractivity contribution in [1.82, 2.24) is 19.2 Å². The summed E-state index contributed by atoms with van der Waals surface area (Å²) >= 11 is 0. The molecule has 1 saturated heterocycles. The molecule has 2 aliphatic rings. The highest BCUT2D eigenvalue weighted by atomic mass is 32.2. The molecule has 0 aliphatic carbocycles. The summed E-state index contributed by atoms with van der Waals surface area (Å²) in [5.74, 6) is -0.173. The van der Waals surface area contributed by atoms with Gasteiger partial charge in [-0.3, -0.25) is 9.88 Å². The molecule has 0 saturated carbocycles. The van der Waals surface area contributed by atoms with Gasteiger partial charge in [-0.05, 0) is 42.0 Å². The topological polar surface area (TPSA) is 75.6 Å². The van der Waals surface area contributed by atoms with E-state index in [9.17, 15) is 12.8 Å². The Hall–Kier alpha value is -2.88. The van der Waals surface area contributed by atoms with Crippen molar-refractivity contribution >= 4 is 10.0 Å². The van der Waals surface area contributed by atoms with Crippen LogP contribution in [-0.2, 0) is 23.1 Å². The van der Waals surface area contributed by atoms with E-state index in [1.807, 2.05) is 12.1 Å². The summed E-state index contributed by atoms with van der Waals surface area (Å²) in [5, 5.41) is 0. The van der Waals surface area contributed by atoms with E-state index in [1.165, 1.54) is 28.7 Å². The fourth-order valence-electron chi connectivity index (χ4n) is 4.21. The van der Waals surface area contributed by atoms with Crippen molar-refractivity contribution in [2.45, 2.75) is 30.1 Å². The van der Waals surface area contributed by atoms with Gasteiger partial charge in [0.2, 0.25) is 15.9 Å². The van der Waals surface area contributed by atoms with Gasteiger partial charge in [0.05, 0.1) is 18.3 Å². The Kier molecular flexibility index (Phi) is 5.17. The summed E-state index contributed by atoms with van der Waals surface area (Å²) in [6.45, 7) is 1.60. The highest BCUT2D eigenvalue weighted by Crippen LogP contribution is 2.35. The van der Waals surface area contributed by atoms with Crippen molar-refractivity contribution in [2.75, 3.05) is 13.1 Å². The molecule has 0 amide bonds. The third kappa shape index (κ3) is 3.91. The molecule has 2 atom stereocenters. The van der Waals surface area contributed by atoms with Gasteiger partial charge in [0.15, 0.2) is 0 Å². The number of fused-ring (bicyclic) bond motifs is 2. The third-order valence-electron chi connectivity index (χ3n) is 5.61. The molecule has 0 spiro atoms. The zero-order valence-corrected chi connectivity index (χ0v) is 17.5.